The number of nitrogens with zero attached hydrogens (tertiary/aromatic N) is 1. The molecule has 1 amide bonds. The van der Waals surface area contributed by atoms with Gasteiger partial charge in [0.2, 0.25) is 10.0 Å². The Kier molecular flexibility index (Phi) is 6.69. The van der Waals surface area contributed by atoms with Crippen molar-refractivity contribution in [1.82, 2.24) is 9.62 Å². The number of benzene rings is 2. The Hall–Kier alpha value is -2.22. The van der Waals surface area contributed by atoms with Crippen molar-refractivity contribution in [1.29, 1.82) is 0 Å². The van der Waals surface area contributed by atoms with E-state index in [9.17, 15) is 13.2 Å². The SMILES string of the molecule is COCCNC(=O)c1ccc(CN(C)S(=O)(=O)c2ccccc2)cc1. The summed E-state index contributed by atoms with van der Waals surface area (Å²) in [6, 6.07) is 15.2. The monoisotopic (exact) mass is 362 g/mol. The minimum atomic E-state index is -3.54. The zero-order valence-electron chi connectivity index (χ0n) is 14.3. The minimum absolute atomic E-state index is 0.186. The van der Waals surface area contributed by atoms with Gasteiger partial charge < -0.3 is 10.1 Å². The average Bonchev–Trinajstić information content (AvgIpc) is 2.63. The molecule has 0 bridgehead atoms. The van der Waals surface area contributed by atoms with Crippen LogP contribution in [0.15, 0.2) is 59.5 Å². The number of carbonyl (C=O) groups excluding carboxylic acids is 1. The van der Waals surface area contributed by atoms with Gasteiger partial charge in [-0.2, -0.15) is 4.31 Å². The maximum Gasteiger partial charge on any atom is 0.251 e. The molecular weight excluding hydrogens is 340 g/mol. The summed E-state index contributed by atoms with van der Waals surface area (Å²) in [7, 11) is -0.433. The van der Waals surface area contributed by atoms with Gasteiger partial charge in [-0.1, -0.05) is 30.3 Å². The molecule has 0 aliphatic rings. The number of hydrogen-bond acceptors (Lipinski definition) is 4. The Morgan fingerprint density at radius 1 is 1.08 bits per heavy atom. The van der Waals surface area contributed by atoms with Crippen molar-refractivity contribution in [3.05, 3.63) is 65.7 Å². The van der Waals surface area contributed by atoms with Crippen molar-refractivity contribution in [2.24, 2.45) is 0 Å². The predicted molar refractivity (Wildman–Crippen MR) is 95.7 cm³/mol. The number of methoxy groups -OCH3 is 1. The summed E-state index contributed by atoms with van der Waals surface area (Å²) in [5.74, 6) is -0.186. The number of carbonyl (C=O) groups is 1. The molecule has 0 radical (unpaired) electrons. The van der Waals surface area contributed by atoms with Crippen molar-refractivity contribution in [2.75, 3.05) is 27.3 Å². The van der Waals surface area contributed by atoms with Crippen LogP contribution in [0.2, 0.25) is 0 Å². The summed E-state index contributed by atoms with van der Waals surface area (Å²) < 4.78 is 31.2. The van der Waals surface area contributed by atoms with E-state index in [1.165, 1.54) is 11.4 Å². The number of hydrogen-bond donors (Lipinski definition) is 1. The summed E-state index contributed by atoms with van der Waals surface area (Å²) in [5, 5.41) is 2.74. The van der Waals surface area contributed by atoms with Gasteiger partial charge >= 0.3 is 0 Å². The summed E-state index contributed by atoms with van der Waals surface area (Å²) in [6.07, 6.45) is 0. The van der Waals surface area contributed by atoms with Gasteiger partial charge in [-0.05, 0) is 29.8 Å². The summed E-state index contributed by atoms with van der Waals surface area (Å²) in [4.78, 5) is 12.2. The molecule has 134 valence electrons. The van der Waals surface area contributed by atoms with Crippen molar-refractivity contribution in [3.8, 4) is 0 Å². The van der Waals surface area contributed by atoms with Crippen LogP contribution in [0.4, 0.5) is 0 Å². The first-order valence-corrected chi connectivity index (χ1v) is 9.26. The van der Waals surface area contributed by atoms with Gasteiger partial charge in [0.25, 0.3) is 5.91 Å². The number of ether oxygens (including phenoxy) is 1. The third-order valence-corrected chi connectivity index (χ3v) is 5.48. The lowest BCUT2D eigenvalue weighted by atomic mass is 10.1. The number of rotatable bonds is 8. The lowest BCUT2D eigenvalue weighted by Crippen LogP contribution is -2.27. The first-order chi connectivity index (χ1) is 11.9. The quantitative estimate of drug-likeness (QED) is 0.728. The standard InChI is InChI=1S/C18H22N2O4S/c1-20(25(22,23)17-6-4-3-5-7-17)14-15-8-10-16(11-9-15)18(21)19-12-13-24-2/h3-11H,12-14H2,1-2H3,(H,19,21). The zero-order chi connectivity index (χ0) is 18.3. The minimum Gasteiger partial charge on any atom is -0.383 e. The van der Waals surface area contributed by atoms with Crippen LogP contribution in [0.5, 0.6) is 0 Å². The Balaban J connectivity index is 2.02. The van der Waals surface area contributed by atoms with Crippen LogP contribution in [0, 0.1) is 0 Å². The molecule has 0 saturated heterocycles. The highest BCUT2D eigenvalue weighted by Crippen LogP contribution is 2.16. The molecule has 2 aromatic carbocycles. The van der Waals surface area contributed by atoms with Crippen LogP contribution in [0.1, 0.15) is 15.9 Å². The highest BCUT2D eigenvalue weighted by molar-refractivity contribution is 7.89. The van der Waals surface area contributed by atoms with E-state index < -0.39 is 10.0 Å². The Labute approximate surface area is 148 Å². The molecule has 0 aliphatic carbocycles. The van der Waals surface area contributed by atoms with Gasteiger partial charge in [0.15, 0.2) is 0 Å². The second-order valence-electron chi connectivity index (χ2n) is 5.52. The van der Waals surface area contributed by atoms with E-state index in [-0.39, 0.29) is 17.3 Å². The zero-order valence-corrected chi connectivity index (χ0v) is 15.1. The third-order valence-electron chi connectivity index (χ3n) is 3.66. The first kappa shape index (κ1) is 19.1. The predicted octanol–water partition coefficient (Wildman–Crippen LogP) is 1.88. The fourth-order valence-electron chi connectivity index (χ4n) is 2.24. The van der Waals surface area contributed by atoms with Crippen LogP contribution in [0.3, 0.4) is 0 Å². The maximum atomic E-state index is 12.5. The topological polar surface area (TPSA) is 75.7 Å². The van der Waals surface area contributed by atoms with Crippen LogP contribution in [-0.4, -0.2) is 45.9 Å². The fourth-order valence-corrected chi connectivity index (χ4v) is 3.42. The Morgan fingerprint density at radius 2 is 1.72 bits per heavy atom. The number of sulfonamides is 1. The molecule has 2 rings (SSSR count). The fraction of sp³-hybridized carbons (Fsp3) is 0.278. The van der Waals surface area contributed by atoms with Gasteiger partial charge in [0.05, 0.1) is 11.5 Å². The molecule has 25 heavy (non-hydrogen) atoms. The normalized spacial score (nSPS) is 11.5. The molecule has 0 atom stereocenters. The molecule has 2 aromatic rings. The van der Waals surface area contributed by atoms with Gasteiger partial charge in [-0.25, -0.2) is 8.42 Å². The molecule has 0 saturated carbocycles. The third kappa shape index (κ3) is 5.12. The molecule has 1 N–H and O–H groups in total. The largest absolute Gasteiger partial charge is 0.383 e. The molecule has 0 heterocycles. The molecule has 0 aromatic heterocycles. The second kappa shape index (κ2) is 8.75. The lowest BCUT2D eigenvalue weighted by molar-refractivity contribution is 0.0937. The lowest BCUT2D eigenvalue weighted by Gasteiger charge is -2.17. The van der Waals surface area contributed by atoms with Crippen LogP contribution in [0.25, 0.3) is 0 Å². The second-order valence-corrected chi connectivity index (χ2v) is 7.56. The van der Waals surface area contributed by atoms with Crippen molar-refractivity contribution >= 4 is 15.9 Å². The van der Waals surface area contributed by atoms with Crippen LogP contribution < -0.4 is 5.32 Å². The maximum absolute atomic E-state index is 12.5. The summed E-state index contributed by atoms with van der Waals surface area (Å²) in [5.41, 5.74) is 1.32. The van der Waals surface area contributed by atoms with Crippen LogP contribution in [-0.2, 0) is 21.3 Å². The van der Waals surface area contributed by atoms with Crippen molar-refractivity contribution < 1.29 is 17.9 Å². The van der Waals surface area contributed by atoms with E-state index in [1.807, 2.05) is 0 Å². The smallest absolute Gasteiger partial charge is 0.251 e. The van der Waals surface area contributed by atoms with E-state index in [1.54, 1.807) is 61.7 Å². The molecule has 0 unspecified atom stereocenters. The van der Waals surface area contributed by atoms with E-state index >= 15 is 0 Å². The molecule has 7 heteroatoms. The van der Waals surface area contributed by atoms with Crippen molar-refractivity contribution in [2.45, 2.75) is 11.4 Å². The average molecular weight is 362 g/mol. The van der Waals surface area contributed by atoms with Gasteiger partial charge in [0, 0.05) is 32.8 Å². The van der Waals surface area contributed by atoms with Gasteiger partial charge in [-0.3, -0.25) is 4.79 Å². The van der Waals surface area contributed by atoms with E-state index in [4.69, 9.17) is 4.74 Å². The highest BCUT2D eigenvalue weighted by Gasteiger charge is 2.20. The van der Waals surface area contributed by atoms with E-state index in [0.717, 1.165) is 5.56 Å². The molecule has 6 nitrogen and oxygen atoms in total. The Morgan fingerprint density at radius 3 is 2.32 bits per heavy atom. The molecule has 0 fully saturated rings. The Bertz CT molecular complexity index is 790. The van der Waals surface area contributed by atoms with E-state index in [2.05, 4.69) is 5.32 Å². The molecule has 0 aliphatic heterocycles. The highest BCUT2D eigenvalue weighted by atomic mass is 32.2. The summed E-state index contributed by atoms with van der Waals surface area (Å²) in [6.45, 7) is 1.11. The molecular formula is C18H22N2O4S. The molecule has 0 spiro atoms. The summed E-state index contributed by atoms with van der Waals surface area (Å²) >= 11 is 0. The first-order valence-electron chi connectivity index (χ1n) is 7.82. The van der Waals surface area contributed by atoms with Gasteiger partial charge in [-0.15, -0.1) is 0 Å². The van der Waals surface area contributed by atoms with Crippen LogP contribution >= 0.6 is 0 Å². The number of nitrogens with one attached hydrogen (secondary N) is 1. The van der Waals surface area contributed by atoms with Gasteiger partial charge in [0.1, 0.15) is 0 Å². The van der Waals surface area contributed by atoms with Crippen molar-refractivity contribution in [3.63, 3.8) is 0 Å². The number of amides is 1. The van der Waals surface area contributed by atoms with E-state index in [0.29, 0.717) is 18.7 Å².